The first-order valence-corrected chi connectivity index (χ1v) is 8.10. The number of rotatable bonds is 5. The lowest BCUT2D eigenvalue weighted by atomic mass is 9.65. The highest BCUT2D eigenvalue weighted by Crippen LogP contribution is 2.46. The number of aliphatic imine (C=N–C) groups is 1. The molecule has 7 nitrogen and oxygen atoms in total. The molecule has 1 aliphatic heterocycles. The van der Waals surface area contributed by atoms with Gasteiger partial charge in [-0.2, -0.15) is 0 Å². The smallest absolute Gasteiger partial charge is 0.194 e. The Morgan fingerprint density at radius 3 is 2.48 bits per heavy atom. The average Bonchev–Trinajstić information content (AvgIpc) is 2.80. The van der Waals surface area contributed by atoms with Crippen molar-refractivity contribution in [2.45, 2.75) is 46.7 Å². The fourth-order valence-corrected chi connectivity index (χ4v) is 2.64. The van der Waals surface area contributed by atoms with Crippen molar-refractivity contribution in [1.29, 1.82) is 0 Å². The van der Waals surface area contributed by atoms with Gasteiger partial charge in [0.25, 0.3) is 0 Å². The summed E-state index contributed by atoms with van der Waals surface area (Å²) >= 11 is 0. The van der Waals surface area contributed by atoms with Gasteiger partial charge in [0.2, 0.25) is 0 Å². The third-order valence-electron chi connectivity index (χ3n) is 5.28. The van der Waals surface area contributed by atoms with Gasteiger partial charge < -0.3 is 19.5 Å². The fourth-order valence-electron chi connectivity index (χ4n) is 2.64. The Morgan fingerprint density at radius 1 is 1.30 bits per heavy atom. The summed E-state index contributed by atoms with van der Waals surface area (Å²) in [6.07, 6.45) is 0. The van der Waals surface area contributed by atoms with Gasteiger partial charge in [-0.1, -0.05) is 13.8 Å². The van der Waals surface area contributed by atoms with Crippen molar-refractivity contribution in [3.63, 3.8) is 0 Å². The van der Waals surface area contributed by atoms with E-state index >= 15 is 0 Å². The van der Waals surface area contributed by atoms with E-state index in [0.29, 0.717) is 13.2 Å². The van der Waals surface area contributed by atoms with Crippen LogP contribution in [0.25, 0.3) is 0 Å². The van der Waals surface area contributed by atoms with Crippen LogP contribution >= 0.6 is 0 Å². The minimum Gasteiger partial charge on any atom is -0.383 e. The maximum atomic E-state index is 5.14. The van der Waals surface area contributed by atoms with Crippen molar-refractivity contribution in [3.05, 3.63) is 11.6 Å². The summed E-state index contributed by atoms with van der Waals surface area (Å²) in [7, 11) is 3.67. The minimum atomic E-state index is 0.0573. The van der Waals surface area contributed by atoms with E-state index in [2.05, 4.69) is 48.1 Å². The summed E-state index contributed by atoms with van der Waals surface area (Å²) in [6.45, 7) is 13.9. The average molecular weight is 322 g/mol. The maximum Gasteiger partial charge on any atom is 0.194 e. The molecule has 0 saturated carbocycles. The van der Waals surface area contributed by atoms with Crippen molar-refractivity contribution < 1.29 is 4.74 Å². The number of aromatic nitrogens is 3. The molecule has 0 bridgehead atoms. The van der Waals surface area contributed by atoms with Gasteiger partial charge in [0.05, 0.1) is 6.61 Å². The molecule has 0 amide bonds. The predicted octanol–water partition coefficient (Wildman–Crippen LogP) is 1.34. The lowest BCUT2D eigenvalue weighted by molar-refractivity contribution is -0.0669. The van der Waals surface area contributed by atoms with Crippen LogP contribution in [0.3, 0.4) is 0 Å². The van der Waals surface area contributed by atoms with Crippen LogP contribution in [0.1, 0.15) is 39.3 Å². The largest absolute Gasteiger partial charge is 0.383 e. The zero-order valence-corrected chi connectivity index (χ0v) is 15.5. The van der Waals surface area contributed by atoms with Gasteiger partial charge in [-0.05, 0) is 20.8 Å². The third kappa shape index (κ3) is 3.34. The molecule has 1 aromatic rings. The molecule has 0 spiro atoms. The van der Waals surface area contributed by atoms with Crippen molar-refractivity contribution in [2.24, 2.45) is 17.5 Å². The first kappa shape index (κ1) is 17.7. The van der Waals surface area contributed by atoms with Crippen LogP contribution in [0.2, 0.25) is 0 Å². The summed E-state index contributed by atoms with van der Waals surface area (Å²) in [4.78, 5) is 7.10. The predicted molar refractivity (Wildman–Crippen MR) is 91.3 cm³/mol. The van der Waals surface area contributed by atoms with Crippen LogP contribution < -0.4 is 5.32 Å². The zero-order valence-electron chi connectivity index (χ0n) is 15.5. The van der Waals surface area contributed by atoms with E-state index in [9.17, 15) is 0 Å². The van der Waals surface area contributed by atoms with Crippen molar-refractivity contribution >= 4 is 5.96 Å². The molecule has 0 aliphatic carbocycles. The molecule has 23 heavy (non-hydrogen) atoms. The molecule has 0 unspecified atom stereocenters. The van der Waals surface area contributed by atoms with Crippen molar-refractivity contribution in [2.75, 3.05) is 26.8 Å². The molecule has 1 N–H and O–H groups in total. The van der Waals surface area contributed by atoms with Crippen molar-refractivity contribution in [1.82, 2.24) is 25.0 Å². The summed E-state index contributed by atoms with van der Waals surface area (Å²) in [5.41, 5.74) is 0.319. The lowest BCUT2D eigenvalue weighted by Gasteiger charge is -2.62. The molecule has 2 heterocycles. The normalized spacial score (nSPS) is 19.6. The van der Waals surface area contributed by atoms with E-state index < -0.39 is 0 Å². The fraction of sp³-hybridized carbons (Fsp3) is 0.812. The summed E-state index contributed by atoms with van der Waals surface area (Å²) in [6, 6.07) is 0. The number of ether oxygens (including phenoxy) is 1. The molecular formula is C16H30N6O. The van der Waals surface area contributed by atoms with E-state index in [-0.39, 0.29) is 11.0 Å². The number of guanidine groups is 1. The number of aryl methyl sites for hydroxylation is 1. The number of methoxy groups -OCH3 is 1. The molecular weight excluding hydrogens is 292 g/mol. The highest BCUT2D eigenvalue weighted by Gasteiger charge is 2.53. The van der Waals surface area contributed by atoms with Crippen molar-refractivity contribution in [3.8, 4) is 0 Å². The van der Waals surface area contributed by atoms with E-state index in [1.54, 1.807) is 7.11 Å². The molecule has 1 aliphatic rings. The molecule has 7 heteroatoms. The topological polar surface area (TPSA) is 67.6 Å². The summed E-state index contributed by atoms with van der Waals surface area (Å²) < 4.78 is 7.11. The first-order chi connectivity index (χ1) is 10.7. The highest BCUT2D eigenvalue weighted by molar-refractivity contribution is 5.82. The van der Waals surface area contributed by atoms with Gasteiger partial charge in [-0.15, -0.1) is 10.2 Å². The van der Waals surface area contributed by atoms with Crippen LogP contribution in [-0.4, -0.2) is 58.0 Å². The van der Waals surface area contributed by atoms with Gasteiger partial charge in [-0.3, -0.25) is 0 Å². The second kappa shape index (κ2) is 6.47. The van der Waals surface area contributed by atoms with Gasteiger partial charge in [-0.25, -0.2) is 4.99 Å². The standard InChI is InChI=1S/C16H30N6O/c1-12-19-20-13(21(12)6)10-18-14(17-8-9-23-7)22-11-15(2,3)16(22,4)5/h8-11H2,1-7H3,(H,17,18). The van der Waals surface area contributed by atoms with Crippen LogP contribution in [0.15, 0.2) is 4.99 Å². The molecule has 0 atom stereocenters. The van der Waals surface area contributed by atoms with Gasteiger partial charge in [0.15, 0.2) is 11.8 Å². The Morgan fingerprint density at radius 2 is 2.00 bits per heavy atom. The van der Waals surface area contributed by atoms with E-state index in [0.717, 1.165) is 30.7 Å². The quantitative estimate of drug-likeness (QED) is 0.503. The molecule has 1 fully saturated rings. The van der Waals surface area contributed by atoms with Gasteiger partial charge in [0.1, 0.15) is 12.4 Å². The third-order valence-corrected chi connectivity index (χ3v) is 5.28. The van der Waals surface area contributed by atoms with Crippen LogP contribution in [-0.2, 0) is 18.3 Å². The molecule has 2 rings (SSSR count). The Bertz CT molecular complexity index is 575. The Kier molecular flexibility index (Phi) is 4.98. The highest BCUT2D eigenvalue weighted by atomic mass is 16.5. The monoisotopic (exact) mass is 322 g/mol. The maximum absolute atomic E-state index is 5.14. The molecule has 1 aromatic heterocycles. The minimum absolute atomic E-state index is 0.0573. The number of hydrogen-bond donors (Lipinski definition) is 1. The molecule has 0 aromatic carbocycles. The van der Waals surface area contributed by atoms with Gasteiger partial charge >= 0.3 is 0 Å². The van der Waals surface area contributed by atoms with E-state index in [1.807, 2.05) is 18.5 Å². The molecule has 0 radical (unpaired) electrons. The zero-order chi connectivity index (χ0) is 17.3. The number of nitrogens with zero attached hydrogens (tertiary/aromatic N) is 5. The first-order valence-electron chi connectivity index (χ1n) is 8.10. The second-order valence-electron chi connectivity index (χ2n) is 7.31. The van der Waals surface area contributed by atoms with E-state index in [1.165, 1.54) is 0 Å². The Hall–Kier alpha value is -1.63. The number of likely N-dealkylation sites (tertiary alicyclic amines) is 1. The van der Waals surface area contributed by atoms with Crippen LogP contribution in [0.5, 0.6) is 0 Å². The molecule has 130 valence electrons. The number of nitrogens with one attached hydrogen (secondary N) is 1. The van der Waals surface area contributed by atoms with Crippen LogP contribution in [0, 0.1) is 12.3 Å². The SMILES string of the molecule is COCCNC(=NCc1nnc(C)n1C)N1CC(C)(C)C1(C)C. The van der Waals surface area contributed by atoms with Gasteiger partial charge in [0, 0.05) is 38.2 Å². The Labute approximate surface area is 139 Å². The lowest BCUT2D eigenvalue weighted by Crippen LogP contribution is -2.72. The summed E-state index contributed by atoms with van der Waals surface area (Å²) in [5.74, 6) is 2.67. The summed E-state index contributed by atoms with van der Waals surface area (Å²) in [5, 5.41) is 11.7. The molecule has 1 saturated heterocycles. The Balaban J connectivity index is 2.14. The van der Waals surface area contributed by atoms with Crippen LogP contribution in [0.4, 0.5) is 0 Å². The van der Waals surface area contributed by atoms with E-state index in [4.69, 9.17) is 9.73 Å². The number of hydrogen-bond acceptors (Lipinski definition) is 4. The second-order valence-corrected chi connectivity index (χ2v) is 7.31.